The summed E-state index contributed by atoms with van der Waals surface area (Å²) >= 11 is 0. The van der Waals surface area contributed by atoms with Crippen LogP contribution in [0.4, 0.5) is 24.8 Å². The van der Waals surface area contributed by atoms with Crippen molar-refractivity contribution in [2.75, 3.05) is 36.4 Å². The van der Waals surface area contributed by atoms with Crippen LogP contribution < -0.4 is 10.2 Å². The molecule has 0 aliphatic carbocycles. The van der Waals surface area contributed by atoms with E-state index in [1.807, 2.05) is 13.0 Å². The Morgan fingerprint density at radius 1 is 1.12 bits per heavy atom. The number of piperazine rings is 1. The van der Waals surface area contributed by atoms with Gasteiger partial charge in [-0.1, -0.05) is 12.1 Å². The van der Waals surface area contributed by atoms with Crippen molar-refractivity contribution >= 4 is 28.4 Å². The molecule has 0 spiro atoms. The summed E-state index contributed by atoms with van der Waals surface area (Å²) in [5, 5.41) is 4.03. The molecule has 34 heavy (non-hydrogen) atoms. The molecule has 1 aliphatic rings. The van der Waals surface area contributed by atoms with Crippen LogP contribution in [-0.2, 0) is 11.0 Å². The number of aryl methyl sites for hydroxylation is 1. The van der Waals surface area contributed by atoms with E-state index in [0.717, 1.165) is 17.3 Å². The third kappa shape index (κ3) is 4.76. The first-order chi connectivity index (χ1) is 16.0. The summed E-state index contributed by atoms with van der Waals surface area (Å²) in [5.74, 6) is 1.87. The Kier molecular flexibility index (Phi) is 6.33. The van der Waals surface area contributed by atoms with Crippen LogP contribution in [-0.4, -0.2) is 51.9 Å². The Bertz CT molecular complexity index is 1220. The number of pyridine rings is 1. The van der Waals surface area contributed by atoms with Crippen LogP contribution in [0.15, 0.2) is 30.5 Å². The molecule has 2 aromatic heterocycles. The van der Waals surface area contributed by atoms with Crippen LogP contribution in [0.3, 0.4) is 0 Å². The van der Waals surface area contributed by atoms with Gasteiger partial charge in [0.25, 0.3) is 0 Å². The molecule has 180 valence electrons. The number of hydrogen-bond acceptors (Lipinski definition) is 6. The normalized spacial score (nSPS) is 15.5. The monoisotopic (exact) mass is 472 g/mol. The first-order valence-corrected chi connectivity index (χ1v) is 11.1. The number of halogens is 3. The minimum atomic E-state index is -4.41. The van der Waals surface area contributed by atoms with E-state index in [0.29, 0.717) is 48.9 Å². The van der Waals surface area contributed by atoms with E-state index < -0.39 is 17.8 Å². The summed E-state index contributed by atoms with van der Waals surface area (Å²) in [7, 11) is 0. The second-order valence-electron chi connectivity index (χ2n) is 8.56. The van der Waals surface area contributed by atoms with Crippen LogP contribution in [0, 0.1) is 13.8 Å². The van der Waals surface area contributed by atoms with Gasteiger partial charge in [-0.05, 0) is 44.0 Å². The Balaban J connectivity index is 1.65. The number of fused-ring (bicyclic) bond motifs is 1. The molecule has 0 saturated carbocycles. The topological polar surface area (TPSA) is 74.2 Å². The zero-order chi connectivity index (χ0) is 24.6. The predicted octanol–water partition coefficient (Wildman–Crippen LogP) is 4.50. The van der Waals surface area contributed by atoms with Gasteiger partial charge in [0.1, 0.15) is 17.5 Å². The van der Waals surface area contributed by atoms with E-state index in [9.17, 15) is 18.0 Å². The number of alkyl halides is 3. The smallest absolute Gasteiger partial charge is 0.363 e. The summed E-state index contributed by atoms with van der Waals surface area (Å²) in [6, 6.07) is 5.69. The van der Waals surface area contributed by atoms with Gasteiger partial charge in [-0.15, -0.1) is 0 Å². The zero-order valence-electron chi connectivity index (χ0n) is 19.6. The molecule has 3 aromatic rings. The number of anilines is 2. The van der Waals surface area contributed by atoms with Crippen molar-refractivity contribution in [2.45, 2.75) is 39.9 Å². The highest BCUT2D eigenvalue weighted by atomic mass is 19.4. The van der Waals surface area contributed by atoms with E-state index in [2.05, 4.69) is 25.2 Å². The highest BCUT2D eigenvalue weighted by Crippen LogP contribution is 2.35. The zero-order valence-corrected chi connectivity index (χ0v) is 19.6. The number of carbonyl (C=O) groups excluding carboxylic acids is 1. The summed E-state index contributed by atoms with van der Waals surface area (Å²) in [6.45, 7) is 9.19. The molecule has 1 saturated heterocycles. The van der Waals surface area contributed by atoms with Crippen LogP contribution in [0.2, 0.25) is 0 Å². The predicted molar refractivity (Wildman–Crippen MR) is 125 cm³/mol. The Hall–Kier alpha value is -3.43. The minimum Gasteiger partial charge on any atom is -0.363 e. The molecule has 1 atom stereocenters. The second-order valence-corrected chi connectivity index (χ2v) is 8.56. The molecular weight excluding hydrogens is 445 g/mol. The van der Waals surface area contributed by atoms with Crippen LogP contribution in [0.1, 0.15) is 42.4 Å². The lowest BCUT2D eigenvalue weighted by molar-refractivity contribution is -0.138. The molecule has 10 heteroatoms. The average molecular weight is 473 g/mol. The average Bonchev–Trinajstić information content (AvgIpc) is 2.78. The Morgan fingerprint density at radius 3 is 2.47 bits per heavy atom. The Labute approximate surface area is 196 Å². The van der Waals surface area contributed by atoms with Gasteiger partial charge in [0.15, 0.2) is 0 Å². The van der Waals surface area contributed by atoms with Crippen molar-refractivity contribution < 1.29 is 18.0 Å². The molecular formula is C24H27F3N6O. The summed E-state index contributed by atoms with van der Waals surface area (Å²) in [4.78, 5) is 29.1. The molecule has 7 nitrogen and oxygen atoms in total. The highest BCUT2D eigenvalue weighted by Gasteiger charge is 2.33. The second kappa shape index (κ2) is 9.08. The third-order valence-corrected chi connectivity index (χ3v) is 6.23. The SMILES string of the molecule is CC(=O)N1CCN(c2cc3c(N[C@H](C)c4cccc(C(F)(F)F)c4C)nc(C)nc3cn2)CC1. The lowest BCUT2D eigenvalue weighted by Crippen LogP contribution is -2.48. The molecule has 3 heterocycles. The lowest BCUT2D eigenvalue weighted by Gasteiger charge is -2.35. The number of aromatic nitrogens is 3. The number of nitrogens with one attached hydrogen (secondary N) is 1. The molecule has 1 aliphatic heterocycles. The molecule has 1 fully saturated rings. The van der Waals surface area contributed by atoms with Gasteiger partial charge >= 0.3 is 6.18 Å². The first kappa shape index (κ1) is 23.7. The number of carbonyl (C=O) groups is 1. The number of rotatable bonds is 4. The standard InChI is InChI=1S/C24H27F3N6O/c1-14-18(6-5-7-20(14)24(25,26)27)15(2)29-23-19-12-22(28-13-21(19)30-16(3)31-23)33-10-8-32(9-11-33)17(4)34/h5-7,12-13,15H,8-11H2,1-4H3,(H,29,30,31)/t15-/m1/s1. The maximum absolute atomic E-state index is 13.4. The van der Waals surface area contributed by atoms with Crippen molar-refractivity contribution in [3.05, 3.63) is 53.0 Å². The van der Waals surface area contributed by atoms with Gasteiger partial charge < -0.3 is 15.1 Å². The fraction of sp³-hybridized carbons (Fsp3) is 0.417. The molecule has 1 amide bonds. The molecule has 0 radical (unpaired) electrons. The Morgan fingerprint density at radius 2 is 1.82 bits per heavy atom. The third-order valence-electron chi connectivity index (χ3n) is 6.23. The first-order valence-electron chi connectivity index (χ1n) is 11.1. The summed E-state index contributed by atoms with van der Waals surface area (Å²) in [5.41, 5.74) is 0.748. The fourth-order valence-corrected chi connectivity index (χ4v) is 4.38. The van der Waals surface area contributed by atoms with Crippen LogP contribution in [0.5, 0.6) is 0 Å². The van der Waals surface area contributed by atoms with Gasteiger partial charge in [0.05, 0.1) is 23.3 Å². The molecule has 0 bridgehead atoms. The number of hydrogen-bond donors (Lipinski definition) is 1. The van der Waals surface area contributed by atoms with Crippen molar-refractivity contribution in [2.24, 2.45) is 0 Å². The molecule has 4 rings (SSSR count). The quantitative estimate of drug-likeness (QED) is 0.603. The maximum Gasteiger partial charge on any atom is 0.416 e. The number of nitrogens with zero attached hydrogens (tertiary/aromatic N) is 5. The van der Waals surface area contributed by atoms with Crippen molar-refractivity contribution in [1.29, 1.82) is 0 Å². The lowest BCUT2D eigenvalue weighted by atomic mass is 9.97. The van der Waals surface area contributed by atoms with E-state index in [4.69, 9.17) is 0 Å². The van der Waals surface area contributed by atoms with E-state index >= 15 is 0 Å². The highest BCUT2D eigenvalue weighted by molar-refractivity contribution is 5.90. The summed E-state index contributed by atoms with van der Waals surface area (Å²) in [6.07, 6.45) is -2.73. The van der Waals surface area contributed by atoms with Crippen molar-refractivity contribution in [1.82, 2.24) is 19.9 Å². The molecule has 1 aromatic carbocycles. The van der Waals surface area contributed by atoms with Gasteiger partial charge in [-0.25, -0.2) is 15.0 Å². The maximum atomic E-state index is 13.4. The van der Waals surface area contributed by atoms with Crippen molar-refractivity contribution in [3.8, 4) is 0 Å². The van der Waals surface area contributed by atoms with E-state index in [-0.39, 0.29) is 11.5 Å². The fourth-order valence-electron chi connectivity index (χ4n) is 4.38. The van der Waals surface area contributed by atoms with Crippen molar-refractivity contribution in [3.63, 3.8) is 0 Å². The van der Waals surface area contributed by atoms with Crippen LogP contribution in [0.25, 0.3) is 10.9 Å². The largest absolute Gasteiger partial charge is 0.416 e. The number of benzene rings is 1. The van der Waals surface area contributed by atoms with Crippen LogP contribution >= 0.6 is 0 Å². The van der Waals surface area contributed by atoms with Gasteiger partial charge in [0.2, 0.25) is 5.91 Å². The van der Waals surface area contributed by atoms with Gasteiger partial charge in [0, 0.05) is 38.5 Å². The van der Waals surface area contributed by atoms with E-state index in [1.54, 1.807) is 31.0 Å². The molecule has 0 unspecified atom stereocenters. The van der Waals surface area contributed by atoms with Gasteiger partial charge in [-0.2, -0.15) is 13.2 Å². The molecule has 1 N–H and O–H groups in total. The summed E-state index contributed by atoms with van der Waals surface area (Å²) < 4.78 is 40.2. The van der Waals surface area contributed by atoms with Gasteiger partial charge in [-0.3, -0.25) is 4.79 Å². The minimum absolute atomic E-state index is 0.0559. The number of amides is 1. The van der Waals surface area contributed by atoms with E-state index in [1.165, 1.54) is 13.0 Å².